The SMILES string of the molecule is COC(C)(C)CC(=O)N(CCN)Cc1ccccc1. The summed E-state index contributed by atoms with van der Waals surface area (Å²) in [5.74, 6) is 0.0705. The Morgan fingerprint density at radius 1 is 1.32 bits per heavy atom. The second-order valence-corrected chi connectivity index (χ2v) is 5.23. The van der Waals surface area contributed by atoms with Crippen LogP contribution < -0.4 is 5.73 Å². The van der Waals surface area contributed by atoms with Gasteiger partial charge in [-0.1, -0.05) is 30.3 Å². The van der Waals surface area contributed by atoms with Crippen molar-refractivity contribution < 1.29 is 9.53 Å². The lowest BCUT2D eigenvalue weighted by atomic mass is 10.0. The molecule has 1 aromatic carbocycles. The van der Waals surface area contributed by atoms with Crippen LogP contribution in [0.15, 0.2) is 30.3 Å². The fourth-order valence-electron chi connectivity index (χ4n) is 1.80. The summed E-state index contributed by atoms with van der Waals surface area (Å²) < 4.78 is 5.31. The molecule has 0 saturated heterocycles. The molecule has 0 unspecified atom stereocenters. The van der Waals surface area contributed by atoms with Gasteiger partial charge in [-0.05, 0) is 19.4 Å². The Labute approximate surface area is 115 Å². The third-order valence-corrected chi connectivity index (χ3v) is 3.10. The van der Waals surface area contributed by atoms with Crippen LogP contribution in [0.1, 0.15) is 25.8 Å². The van der Waals surface area contributed by atoms with Crippen LogP contribution in [0, 0.1) is 0 Å². The van der Waals surface area contributed by atoms with Crippen LogP contribution in [0.2, 0.25) is 0 Å². The van der Waals surface area contributed by atoms with Gasteiger partial charge in [-0.25, -0.2) is 0 Å². The third-order valence-electron chi connectivity index (χ3n) is 3.10. The summed E-state index contributed by atoms with van der Waals surface area (Å²) in [5, 5.41) is 0. The normalized spacial score (nSPS) is 11.4. The van der Waals surface area contributed by atoms with Crippen molar-refractivity contribution in [3.05, 3.63) is 35.9 Å². The quantitative estimate of drug-likeness (QED) is 0.817. The molecule has 1 rings (SSSR count). The fraction of sp³-hybridized carbons (Fsp3) is 0.533. The van der Waals surface area contributed by atoms with Gasteiger partial charge in [0.1, 0.15) is 0 Å². The number of ether oxygens (including phenoxy) is 1. The van der Waals surface area contributed by atoms with Crippen molar-refractivity contribution in [1.82, 2.24) is 4.90 Å². The van der Waals surface area contributed by atoms with E-state index in [2.05, 4.69) is 0 Å². The van der Waals surface area contributed by atoms with Gasteiger partial charge < -0.3 is 15.4 Å². The molecule has 4 heteroatoms. The van der Waals surface area contributed by atoms with E-state index in [4.69, 9.17) is 10.5 Å². The standard InChI is InChI=1S/C15H24N2O2/c1-15(2,19-3)11-14(18)17(10-9-16)12-13-7-5-4-6-8-13/h4-8H,9-12,16H2,1-3H3. The number of nitrogens with two attached hydrogens (primary N) is 1. The van der Waals surface area contributed by atoms with Crippen molar-refractivity contribution in [3.63, 3.8) is 0 Å². The number of benzene rings is 1. The largest absolute Gasteiger partial charge is 0.378 e. The van der Waals surface area contributed by atoms with Gasteiger partial charge in [-0.15, -0.1) is 0 Å². The van der Waals surface area contributed by atoms with Gasteiger partial charge in [0.25, 0.3) is 0 Å². The first kappa shape index (κ1) is 15.7. The molecule has 0 spiro atoms. The van der Waals surface area contributed by atoms with Crippen LogP contribution in [0.25, 0.3) is 0 Å². The van der Waals surface area contributed by atoms with Crippen molar-refractivity contribution >= 4 is 5.91 Å². The van der Waals surface area contributed by atoms with Gasteiger partial charge in [0.05, 0.1) is 12.0 Å². The Bertz CT molecular complexity index is 390. The van der Waals surface area contributed by atoms with Crippen molar-refractivity contribution in [2.24, 2.45) is 5.73 Å². The van der Waals surface area contributed by atoms with E-state index >= 15 is 0 Å². The number of hydrogen-bond donors (Lipinski definition) is 1. The topological polar surface area (TPSA) is 55.6 Å². The van der Waals surface area contributed by atoms with Crippen LogP contribution in [-0.2, 0) is 16.1 Å². The maximum absolute atomic E-state index is 12.3. The molecule has 0 aromatic heterocycles. The predicted octanol–water partition coefficient (Wildman–Crippen LogP) is 1.79. The zero-order chi connectivity index (χ0) is 14.3. The van der Waals surface area contributed by atoms with Gasteiger partial charge in [-0.3, -0.25) is 4.79 Å². The molecule has 106 valence electrons. The first-order valence-electron chi connectivity index (χ1n) is 6.55. The first-order chi connectivity index (χ1) is 8.98. The van der Waals surface area contributed by atoms with Crippen LogP contribution >= 0.6 is 0 Å². The summed E-state index contributed by atoms with van der Waals surface area (Å²) in [6.45, 7) is 5.44. The molecule has 0 aliphatic heterocycles. The minimum absolute atomic E-state index is 0.0705. The molecule has 0 fully saturated rings. The molecule has 0 aliphatic rings. The lowest BCUT2D eigenvalue weighted by Crippen LogP contribution is -2.39. The summed E-state index contributed by atoms with van der Waals surface area (Å²) >= 11 is 0. The zero-order valence-electron chi connectivity index (χ0n) is 12.1. The van der Waals surface area contributed by atoms with E-state index in [-0.39, 0.29) is 5.91 Å². The van der Waals surface area contributed by atoms with Crippen LogP contribution in [0.4, 0.5) is 0 Å². The van der Waals surface area contributed by atoms with Crippen molar-refractivity contribution in [1.29, 1.82) is 0 Å². The van der Waals surface area contributed by atoms with E-state index < -0.39 is 5.60 Å². The molecule has 1 amide bonds. The molecule has 4 nitrogen and oxygen atoms in total. The number of carbonyl (C=O) groups is 1. The molecule has 1 aromatic rings. The Morgan fingerprint density at radius 3 is 2.47 bits per heavy atom. The summed E-state index contributed by atoms with van der Waals surface area (Å²) in [5.41, 5.74) is 6.26. The van der Waals surface area contributed by atoms with E-state index in [0.29, 0.717) is 26.1 Å². The van der Waals surface area contributed by atoms with Crippen LogP contribution in [-0.4, -0.2) is 36.6 Å². The Morgan fingerprint density at radius 2 is 1.95 bits per heavy atom. The number of hydrogen-bond acceptors (Lipinski definition) is 3. The van der Waals surface area contributed by atoms with E-state index in [0.717, 1.165) is 5.56 Å². The maximum Gasteiger partial charge on any atom is 0.225 e. The van der Waals surface area contributed by atoms with E-state index in [1.807, 2.05) is 44.2 Å². The second-order valence-electron chi connectivity index (χ2n) is 5.23. The minimum Gasteiger partial charge on any atom is -0.378 e. The summed E-state index contributed by atoms with van der Waals surface area (Å²) in [6, 6.07) is 9.93. The maximum atomic E-state index is 12.3. The molecule has 0 heterocycles. The molecule has 19 heavy (non-hydrogen) atoms. The summed E-state index contributed by atoms with van der Waals surface area (Å²) in [7, 11) is 1.62. The number of nitrogens with zero attached hydrogens (tertiary/aromatic N) is 1. The molecular weight excluding hydrogens is 240 g/mol. The highest BCUT2D eigenvalue weighted by atomic mass is 16.5. The molecule has 0 bridgehead atoms. The highest BCUT2D eigenvalue weighted by Gasteiger charge is 2.24. The van der Waals surface area contributed by atoms with E-state index in [1.54, 1.807) is 12.0 Å². The number of rotatable bonds is 7. The molecule has 0 radical (unpaired) electrons. The van der Waals surface area contributed by atoms with Crippen molar-refractivity contribution in [2.45, 2.75) is 32.4 Å². The molecule has 0 saturated carbocycles. The third kappa shape index (κ3) is 5.41. The Kier molecular flexibility index (Phi) is 5.99. The van der Waals surface area contributed by atoms with Gasteiger partial charge in [0, 0.05) is 26.7 Å². The summed E-state index contributed by atoms with van der Waals surface area (Å²) in [4.78, 5) is 14.1. The molecule has 0 aliphatic carbocycles. The lowest BCUT2D eigenvalue weighted by Gasteiger charge is -2.28. The smallest absolute Gasteiger partial charge is 0.225 e. The molecule has 2 N–H and O–H groups in total. The average molecular weight is 264 g/mol. The van der Waals surface area contributed by atoms with Gasteiger partial charge in [-0.2, -0.15) is 0 Å². The van der Waals surface area contributed by atoms with Crippen LogP contribution in [0.3, 0.4) is 0 Å². The number of carbonyl (C=O) groups excluding carboxylic acids is 1. The Balaban J connectivity index is 2.69. The van der Waals surface area contributed by atoms with Gasteiger partial charge in [0.15, 0.2) is 0 Å². The van der Waals surface area contributed by atoms with E-state index in [1.165, 1.54) is 0 Å². The predicted molar refractivity (Wildman–Crippen MR) is 76.6 cm³/mol. The van der Waals surface area contributed by atoms with Crippen molar-refractivity contribution in [2.75, 3.05) is 20.2 Å². The minimum atomic E-state index is -0.444. The highest BCUT2D eigenvalue weighted by Crippen LogP contribution is 2.16. The first-order valence-corrected chi connectivity index (χ1v) is 6.55. The Hall–Kier alpha value is -1.39. The van der Waals surface area contributed by atoms with Crippen LogP contribution in [0.5, 0.6) is 0 Å². The number of amides is 1. The lowest BCUT2D eigenvalue weighted by molar-refractivity contribution is -0.137. The fourth-order valence-corrected chi connectivity index (χ4v) is 1.80. The molecule has 0 atom stereocenters. The number of methoxy groups -OCH3 is 1. The summed E-state index contributed by atoms with van der Waals surface area (Å²) in [6.07, 6.45) is 0.357. The zero-order valence-corrected chi connectivity index (χ0v) is 12.1. The van der Waals surface area contributed by atoms with Crippen molar-refractivity contribution in [3.8, 4) is 0 Å². The second kappa shape index (κ2) is 7.26. The van der Waals surface area contributed by atoms with Gasteiger partial charge >= 0.3 is 0 Å². The van der Waals surface area contributed by atoms with E-state index in [9.17, 15) is 4.79 Å². The monoisotopic (exact) mass is 264 g/mol. The highest BCUT2D eigenvalue weighted by molar-refractivity contribution is 5.77. The van der Waals surface area contributed by atoms with Gasteiger partial charge in [0.2, 0.25) is 5.91 Å². The molecular formula is C15H24N2O2. The average Bonchev–Trinajstić information content (AvgIpc) is 2.39.